The Morgan fingerprint density at radius 2 is 1.84 bits per heavy atom. The van der Waals surface area contributed by atoms with Gasteiger partial charge in [0.25, 0.3) is 11.8 Å². The smallest absolute Gasteiger partial charge is 0.322 e. The van der Waals surface area contributed by atoms with E-state index >= 15 is 0 Å². The Kier molecular flexibility index (Phi) is 4.82. The minimum atomic E-state index is -0.895. The number of nitrogens with zero attached hydrogens (tertiary/aromatic N) is 3. The number of amides is 4. The van der Waals surface area contributed by atoms with Gasteiger partial charge in [-0.2, -0.15) is 10.1 Å². The van der Waals surface area contributed by atoms with E-state index in [2.05, 4.69) is 15.8 Å². The van der Waals surface area contributed by atoms with Crippen LogP contribution in [0.1, 0.15) is 42.5 Å². The van der Waals surface area contributed by atoms with Crippen LogP contribution in [0.25, 0.3) is 16.3 Å². The van der Waals surface area contributed by atoms with E-state index in [1.165, 1.54) is 11.3 Å². The van der Waals surface area contributed by atoms with Gasteiger partial charge in [0.2, 0.25) is 0 Å². The zero-order valence-corrected chi connectivity index (χ0v) is 17.5. The van der Waals surface area contributed by atoms with E-state index in [4.69, 9.17) is 0 Å². The molecule has 8 nitrogen and oxygen atoms in total. The number of aromatic nitrogens is 2. The van der Waals surface area contributed by atoms with Gasteiger partial charge in [-0.15, -0.1) is 11.3 Å². The molecule has 0 bridgehead atoms. The number of hydrazine groups is 1. The second-order valence-electron chi connectivity index (χ2n) is 7.80. The Morgan fingerprint density at radius 1 is 1.06 bits per heavy atom. The number of thiophene rings is 1. The molecular formula is C22H21N5O3S. The van der Waals surface area contributed by atoms with Crippen molar-refractivity contribution in [3.8, 4) is 16.3 Å². The summed E-state index contributed by atoms with van der Waals surface area (Å²) in [6, 6.07) is 12.6. The third-order valence-electron chi connectivity index (χ3n) is 5.82. The summed E-state index contributed by atoms with van der Waals surface area (Å²) in [7, 11) is 0. The van der Waals surface area contributed by atoms with Gasteiger partial charge in [-0.3, -0.25) is 15.0 Å². The molecule has 2 aromatic heterocycles. The maximum atomic E-state index is 13.2. The van der Waals surface area contributed by atoms with E-state index in [0.717, 1.165) is 34.8 Å². The molecule has 1 aromatic carbocycles. The second-order valence-corrected chi connectivity index (χ2v) is 8.75. The first-order chi connectivity index (χ1) is 15.1. The van der Waals surface area contributed by atoms with Crippen LogP contribution in [0, 0.1) is 0 Å². The van der Waals surface area contributed by atoms with Crippen LogP contribution in [0.2, 0.25) is 0 Å². The topological polar surface area (TPSA) is 96.3 Å². The summed E-state index contributed by atoms with van der Waals surface area (Å²) in [5.41, 5.74) is 3.21. The van der Waals surface area contributed by atoms with E-state index < -0.39 is 23.4 Å². The number of carbonyl (C=O) groups is 3. The highest BCUT2D eigenvalue weighted by molar-refractivity contribution is 7.13. The van der Waals surface area contributed by atoms with Gasteiger partial charge < -0.3 is 5.32 Å². The summed E-state index contributed by atoms with van der Waals surface area (Å²) in [6.07, 6.45) is 5.60. The van der Waals surface area contributed by atoms with Crippen molar-refractivity contribution in [2.45, 2.75) is 37.6 Å². The highest BCUT2D eigenvalue weighted by atomic mass is 32.1. The minimum absolute atomic E-state index is 0.288. The second kappa shape index (κ2) is 7.66. The Morgan fingerprint density at radius 3 is 2.55 bits per heavy atom. The van der Waals surface area contributed by atoms with Crippen LogP contribution in [0.3, 0.4) is 0 Å². The molecule has 1 spiro atoms. The number of para-hydroxylation sites is 1. The van der Waals surface area contributed by atoms with Gasteiger partial charge in [-0.1, -0.05) is 43.5 Å². The van der Waals surface area contributed by atoms with Crippen molar-refractivity contribution >= 4 is 29.2 Å². The monoisotopic (exact) mass is 435 g/mol. The largest absolute Gasteiger partial charge is 0.344 e. The third kappa shape index (κ3) is 3.40. The Bertz CT molecular complexity index is 1130. The number of imide groups is 1. The Labute approximate surface area is 182 Å². The molecule has 1 saturated carbocycles. The molecule has 1 aliphatic heterocycles. The summed E-state index contributed by atoms with van der Waals surface area (Å²) in [5, 5.41) is 10.1. The van der Waals surface area contributed by atoms with Gasteiger partial charge in [-0.25, -0.2) is 9.48 Å². The number of urea groups is 1. The quantitative estimate of drug-likeness (QED) is 0.613. The van der Waals surface area contributed by atoms with Crippen molar-refractivity contribution in [1.82, 2.24) is 25.5 Å². The van der Waals surface area contributed by atoms with E-state index in [1.54, 1.807) is 10.9 Å². The molecule has 4 amide bonds. The normalized spacial score (nSPS) is 17.7. The highest BCUT2D eigenvalue weighted by Crippen LogP contribution is 2.33. The SMILES string of the molecule is O=C(NN1C(=O)NC2(CCCCC2)C1=O)c1cn(-c2ccccc2)nc1-c1cccs1. The fourth-order valence-electron chi connectivity index (χ4n) is 4.23. The molecule has 3 heterocycles. The lowest BCUT2D eigenvalue weighted by atomic mass is 9.82. The molecule has 1 aliphatic carbocycles. The summed E-state index contributed by atoms with van der Waals surface area (Å²) in [4.78, 5) is 39.5. The van der Waals surface area contributed by atoms with Crippen molar-refractivity contribution in [2.24, 2.45) is 0 Å². The molecule has 0 radical (unpaired) electrons. The van der Waals surface area contributed by atoms with Crippen LogP contribution in [-0.4, -0.2) is 38.2 Å². The average Bonchev–Trinajstić information content (AvgIpc) is 3.51. The molecule has 1 saturated heterocycles. The van der Waals surface area contributed by atoms with Crippen molar-refractivity contribution in [1.29, 1.82) is 0 Å². The van der Waals surface area contributed by atoms with Crippen molar-refractivity contribution in [3.05, 3.63) is 59.6 Å². The number of benzene rings is 1. The molecule has 5 rings (SSSR count). The molecular weight excluding hydrogens is 414 g/mol. The number of rotatable bonds is 4. The number of hydrogen-bond acceptors (Lipinski definition) is 5. The van der Waals surface area contributed by atoms with Gasteiger partial charge >= 0.3 is 6.03 Å². The summed E-state index contributed by atoms with van der Waals surface area (Å²) in [5.74, 6) is -0.944. The first kappa shape index (κ1) is 19.5. The van der Waals surface area contributed by atoms with E-state index in [-0.39, 0.29) is 5.56 Å². The van der Waals surface area contributed by atoms with Gasteiger partial charge in [-0.05, 0) is 36.4 Å². The molecule has 31 heavy (non-hydrogen) atoms. The van der Waals surface area contributed by atoms with Crippen LogP contribution in [0.5, 0.6) is 0 Å². The third-order valence-corrected chi connectivity index (χ3v) is 6.69. The Hall–Kier alpha value is -3.46. The fraction of sp³-hybridized carbons (Fsp3) is 0.273. The van der Waals surface area contributed by atoms with Crippen molar-refractivity contribution in [2.75, 3.05) is 0 Å². The van der Waals surface area contributed by atoms with Gasteiger partial charge in [0.1, 0.15) is 11.2 Å². The zero-order valence-electron chi connectivity index (χ0n) is 16.7. The van der Waals surface area contributed by atoms with Crippen molar-refractivity contribution < 1.29 is 14.4 Å². The van der Waals surface area contributed by atoms with Gasteiger partial charge in [0.05, 0.1) is 16.1 Å². The molecule has 2 fully saturated rings. The van der Waals surface area contributed by atoms with Crippen LogP contribution < -0.4 is 10.7 Å². The lowest BCUT2D eigenvalue weighted by molar-refractivity contribution is -0.134. The number of carbonyl (C=O) groups excluding carboxylic acids is 3. The fourth-order valence-corrected chi connectivity index (χ4v) is 4.95. The van der Waals surface area contributed by atoms with Crippen LogP contribution in [-0.2, 0) is 4.79 Å². The molecule has 158 valence electrons. The molecule has 0 atom stereocenters. The lowest BCUT2D eigenvalue weighted by Gasteiger charge is -2.30. The van der Waals surface area contributed by atoms with Crippen LogP contribution >= 0.6 is 11.3 Å². The predicted octanol–water partition coefficient (Wildman–Crippen LogP) is 3.50. The molecule has 2 N–H and O–H groups in total. The number of hydrogen-bond donors (Lipinski definition) is 2. The maximum absolute atomic E-state index is 13.2. The molecule has 0 unspecified atom stereocenters. The summed E-state index contributed by atoms with van der Waals surface area (Å²) < 4.78 is 1.62. The molecule has 9 heteroatoms. The maximum Gasteiger partial charge on any atom is 0.344 e. The molecule has 3 aromatic rings. The summed E-state index contributed by atoms with van der Waals surface area (Å²) >= 11 is 1.46. The first-order valence-electron chi connectivity index (χ1n) is 10.2. The van der Waals surface area contributed by atoms with Crippen molar-refractivity contribution in [3.63, 3.8) is 0 Å². The average molecular weight is 436 g/mol. The molecule has 2 aliphatic rings. The van der Waals surface area contributed by atoms with Gasteiger partial charge in [0.15, 0.2) is 0 Å². The van der Waals surface area contributed by atoms with E-state index in [0.29, 0.717) is 18.5 Å². The van der Waals surface area contributed by atoms with Gasteiger partial charge in [0, 0.05) is 6.20 Å². The van der Waals surface area contributed by atoms with Crippen LogP contribution in [0.4, 0.5) is 4.79 Å². The zero-order chi connectivity index (χ0) is 21.4. The van der Waals surface area contributed by atoms with E-state index in [9.17, 15) is 14.4 Å². The number of nitrogens with one attached hydrogen (secondary N) is 2. The minimum Gasteiger partial charge on any atom is -0.322 e. The standard InChI is InChI=1S/C22H21N5O3S/c28-19(25-27-20(29)22(23-21(27)30)11-5-2-6-12-22)16-14-26(15-8-3-1-4-9-15)24-18(16)17-10-7-13-31-17/h1,3-4,7-10,13-14H,2,5-6,11-12H2,(H,23,30)(H,25,28). The Balaban J connectivity index is 1.46. The van der Waals surface area contributed by atoms with E-state index in [1.807, 2.05) is 47.8 Å². The first-order valence-corrected chi connectivity index (χ1v) is 11.1. The predicted molar refractivity (Wildman–Crippen MR) is 116 cm³/mol. The lowest BCUT2D eigenvalue weighted by Crippen LogP contribution is -2.50. The summed E-state index contributed by atoms with van der Waals surface area (Å²) in [6.45, 7) is 0. The van der Waals surface area contributed by atoms with Crippen LogP contribution in [0.15, 0.2) is 54.0 Å². The highest BCUT2D eigenvalue weighted by Gasteiger charge is 2.52.